The standard InChI is InChI=1S/C15H22N2O2S/c1-15(2,3)20-10-13(18)17-9-11-5-7-12(8-6-11)14(19)16-4/h5-8H,9-10H2,1-4H3,(H,16,19)(H,17,18). The fraction of sp³-hybridized carbons (Fsp3) is 0.467. The molecule has 0 atom stereocenters. The van der Waals surface area contributed by atoms with Crippen LogP contribution in [0.15, 0.2) is 24.3 Å². The topological polar surface area (TPSA) is 58.2 Å². The van der Waals surface area contributed by atoms with E-state index in [4.69, 9.17) is 0 Å². The van der Waals surface area contributed by atoms with E-state index in [9.17, 15) is 9.59 Å². The summed E-state index contributed by atoms with van der Waals surface area (Å²) in [4.78, 5) is 23.1. The lowest BCUT2D eigenvalue weighted by molar-refractivity contribution is -0.118. The van der Waals surface area contributed by atoms with Crippen molar-refractivity contribution in [2.45, 2.75) is 32.1 Å². The number of carbonyl (C=O) groups excluding carboxylic acids is 2. The van der Waals surface area contributed by atoms with Crippen LogP contribution in [0, 0.1) is 0 Å². The lowest BCUT2D eigenvalue weighted by Crippen LogP contribution is -2.26. The van der Waals surface area contributed by atoms with Crippen molar-refractivity contribution in [1.29, 1.82) is 0 Å². The Morgan fingerprint density at radius 1 is 1.15 bits per heavy atom. The van der Waals surface area contributed by atoms with E-state index >= 15 is 0 Å². The summed E-state index contributed by atoms with van der Waals surface area (Å²) in [5.74, 6) is 0.377. The van der Waals surface area contributed by atoms with Gasteiger partial charge in [-0.25, -0.2) is 0 Å². The molecule has 0 spiro atoms. The van der Waals surface area contributed by atoms with E-state index in [-0.39, 0.29) is 16.6 Å². The first-order chi connectivity index (χ1) is 9.31. The molecule has 110 valence electrons. The van der Waals surface area contributed by atoms with E-state index < -0.39 is 0 Å². The van der Waals surface area contributed by atoms with Gasteiger partial charge < -0.3 is 10.6 Å². The van der Waals surface area contributed by atoms with E-state index in [1.807, 2.05) is 12.1 Å². The van der Waals surface area contributed by atoms with Crippen LogP contribution < -0.4 is 10.6 Å². The molecule has 0 saturated heterocycles. The molecule has 0 radical (unpaired) electrons. The summed E-state index contributed by atoms with van der Waals surface area (Å²) in [5.41, 5.74) is 1.60. The Bertz CT molecular complexity index is 464. The molecule has 1 aromatic carbocycles. The van der Waals surface area contributed by atoms with E-state index in [1.54, 1.807) is 30.9 Å². The minimum atomic E-state index is -0.109. The Hall–Kier alpha value is -1.49. The van der Waals surface area contributed by atoms with Gasteiger partial charge in [-0.3, -0.25) is 9.59 Å². The van der Waals surface area contributed by atoms with E-state index in [0.29, 0.717) is 17.9 Å². The molecule has 0 unspecified atom stereocenters. The molecule has 20 heavy (non-hydrogen) atoms. The summed E-state index contributed by atoms with van der Waals surface area (Å²) in [7, 11) is 1.60. The Morgan fingerprint density at radius 2 is 1.75 bits per heavy atom. The second-order valence-corrected chi connectivity index (χ2v) is 7.26. The summed E-state index contributed by atoms with van der Waals surface area (Å²) in [6, 6.07) is 7.21. The molecular formula is C15H22N2O2S. The normalized spacial score (nSPS) is 11.0. The SMILES string of the molecule is CNC(=O)c1ccc(CNC(=O)CSC(C)(C)C)cc1. The van der Waals surface area contributed by atoms with Crippen molar-refractivity contribution in [3.8, 4) is 0 Å². The third-order valence-corrected chi connectivity index (χ3v) is 3.84. The van der Waals surface area contributed by atoms with Crippen LogP contribution in [-0.2, 0) is 11.3 Å². The van der Waals surface area contributed by atoms with Gasteiger partial charge in [0.25, 0.3) is 5.91 Å². The highest BCUT2D eigenvalue weighted by Crippen LogP contribution is 2.22. The van der Waals surface area contributed by atoms with Gasteiger partial charge in [0.2, 0.25) is 5.91 Å². The number of amides is 2. The first-order valence-electron chi connectivity index (χ1n) is 6.53. The van der Waals surface area contributed by atoms with E-state index in [1.165, 1.54) is 0 Å². The third kappa shape index (κ3) is 6.10. The Labute approximate surface area is 124 Å². The van der Waals surface area contributed by atoms with Gasteiger partial charge in [0.15, 0.2) is 0 Å². The van der Waals surface area contributed by atoms with Crippen molar-refractivity contribution in [2.24, 2.45) is 0 Å². The molecule has 2 amide bonds. The minimum absolute atomic E-state index is 0.0281. The van der Waals surface area contributed by atoms with E-state index in [0.717, 1.165) is 5.56 Å². The lowest BCUT2D eigenvalue weighted by atomic mass is 10.1. The molecular weight excluding hydrogens is 272 g/mol. The number of rotatable bonds is 5. The highest BCUT2D eigenvalue weighted by molar-refractivity contribution is 8.01. The Kier molecular flexibility index (Phi) is 6.07. The summed E-state index contributed by atoms with van der Waals surface area (Å²) < 4.78 is 0.0898. The lowest BCUT2D eigenvalue weighted by Gasteiger charge is -2.17. The van der Waals surface area contributed by atoms with Crippen LogP contribution in [-0.4, -0.2) is 29.4 Å². The average Bonchev–Trinajstić information content (AvgIpc) is 2.41. The number of hydrogen-bond acceptors (Lipinski definition) is 3. The number of carbonyl (C=O) groups is 2. The number of thioether (sulfide) groups is 1. The molecule has 5 heteroatoms. The summed E-state index contributed by atoms with van der Waals surface area (Å²) in [6.45, 7) is 6.74. The molecule has 0 aliphatic carbocycles. The zero-order valence-corrected chi connectivity index (χ0v) is 13.3. The quantitative estimate of drug-likeness (QED) is 0.875. The van der Waals surface area contributed by atoms with Gasteiger partial charge in [0.1, 0.15) is 0 Å². The summed E-state index contributed by atoms with van der Waals surface area (Å²) in [6.07, 6.45) is 0. The molecule has 0 bridgehead atoms. The van der Waals surface area contributed by atoms with Crippen LogP contribution in [0.25, 0.3) is 0 Å². The molecule has 0 aromatic heterocycles. The number of nitrogens with one attached hydrogen (secondary N) is 2. The van der Waals surface area contributed by atoms with Gasteiger partial charge in [-0.2, -0.15) is 0 Å². The maximum atomic E-state index is 11.7. The van der Waals surface area contributed by atoms with Crippen molar-refractivity contribution in [1.82, 2.24) is 10.6 Å². The molecule has 0 heterocycles. The van der Waals surface area contributed by atoms with Crippen molar-refractivity contribution >= 4 is 23.6 Å². The van der Waals surface area contributed by atoms with Crippen LogP contribution in [0.1, 0.15) is 36.7 Å². The molecule has 1 rings (SSSR count). The van der Waals surface area contributed by atoms with Crippen LogP contribution in [0.5, 0.6) is 0 Å². The molecule has 0 aliphatic heterocycles. The van der Waals surface area contributed by atoms with Crippen LogP contribution in [0.3, 0.4) is 0 Å². The fourth-order valence-electron chi connectivity index (χ4n) is 1.45. The van der Waals surface area contributed by atoms with Gasteiger partial charge in [0, 0.05) is 23.9 Å². The number of hydrogen-bond donors (Lipinski definition) is 2. The second-order valence-electron chi connectivity index (χ2n) is 5.45. The van der Waals surface area contributed by atoms with E-state index in [2.05, 4.69) is 31.4 Å². The second kappa shape index (κ2) is 7.33. The summed E-state index contributed by atoms with van der Waals surface area (Å²) >= 11 is 1.62. The van der Waals surface area contributed by atoms with Gasteiger partial charge in [-0.1, -0.05) is 32.9 Å². The maximum Gasteiger partial charge on any atom is 0.251 e. The predicted octanol–water partition coefficient (Wildman–Crippen LogP) is 2.19. The zero-order chi connectivity index (χ0) is 15.2. The van der Waals surface area contributed by atoms with Crippen LogP contribution >= 0.6 is 11.8 Å². The average molecular weight is 294 g/mol. The molecule has 4 nitrogen and oxygen atoms in total. The highest BCUT2D eigenvalue weighted by atomic mass is 32.2. The third-order valence-electron chi connectivity index (χ3n) is 2.57. The van der Waals surface area contributed by atoms with Gasteiger partial charge in [-0.05, 0) is 17.7 Å². The first kappa shape index (κ1) is 16.6. The maximum absolute atomic E-state index is 11.7. The zero-order valence-electron chi connectivity index (χ0n) is 12.4. The summed E-state index contributed by atoms with van der Waals surface area (Å²) in [5, 5.41) is 5.44. The monoisotopic (exact) mass is 294 g/mol. The predicted molar refractivity (Wildman–Crippen MR) is 83.9 cm³/mol. The van der Waals surface area contributed by atoms with Gasteiger partial charge in [-0.15, -0.1) is 11.8 Å². The Balaban J connectivity index is 2.42. The van der Waals surface area contributed by atoms with Crippen molar-refractivity contribution in [2.75, 3.05) is 12.8 Å². The number of benzene rings is 1. The molecule has 0 aliphatic rings. The van der Waals surface area contributed by atoms with Crippen LogP contribution in [0.2, 0.25) is 0 Å². The van der Waals surface area contributed by atoms with Gasteiger partial charge in [0.05, 0.1) is 5.75 Å². The molecule has 0 saturated carbocycles. The van der Waals surface area contributed by atoms with Crippen molar-refractivity contribution < 1.29 is 9.59 Å². The fourth-order valence-corrected chi connectivity index (χ4v) is 2.12. The van der Waals surface area contributed by atoms with Crippen LogP contribution in [0.4, 0.5) is 0 Å². The largest absolute Gasteiger partial charge is 0.355 e. The van der Waals surface area contributed by atoms with Crippen molar-refractivity contribution in [3.05, 3.63) is 35.4 Å². The smallest absolute Gasteiger partial charge is 0.251 e. The molecule has 2 N–H and O–H groups in total. The molecule has 1 aromatic rings. The Morgan fingerprint density at radius 3 is 2.25 bits per heavy atom. The minimum Gasteiger partial charge on any atom is -0.355 e. The molecule has 0 fully saturated rings. The van der Waals surface area contributed by atoms with Crippen molar-refractivity contribution in [3.63, 3.8) is 0 Å². The van der Waals surface area contributed by atoms with Gasteiger partial charge >= 0.3 is 0 Å². The first-order valence-corrected chi connectivity index (χ1v) is 7.52. The highest BCUT2D eigenvalue weighted by Gasteiger charge is 2.13.